The van der Waals surface area contributed by atoms with Crippen molar-refractivity contribution in [1.29, 1.82) is 0 Å². The summed E-state index contributed by atoms with van der Waals surface area (Å²) in [4.78, 5) is 4.70. The molecule has 0 heterocycles. The number of nitrogens with one attached hydrogen (secondary N) is 2. The summed E-state index contributed by atoms with van der Waals surface area (Å²) in [6.45, 7) is 12.6. The summed E-state index contributed by atoms with van der Waals surface area (Å²) in [5.74, 6) is 1.69. The smallest absolute Gasteiger partial charge is 0.191 e. The van der Waals surface area contributed by atoms with E-state index in [1.54, 1.807) is 0 Å². The first-order valence-corrected chi connectivity index (χ1v) is 10.2. The second-order valence-electron chi connectivity index (χ2n) is 7.37. The zero-order valence-corrected chi connectivity index (χ0v) is 18.6. The van der Waals surface area contributed by atoms with Crippen LogP contribution in [0.15, 0.2) is 4.99 Å². The van der Waals surface area contributed by atoms with Crippen molar-refractivity contribution in [2.75, 3.05) is 18.8 Å². The SMILES string of the molecule is CCNC(=NCCC(C)(C)C)NC1CCCC(S(=O)CC)C1.I. The molecule has 1 aliphatic rings. The highest BCUT2D eigenvalue weighted by atomic mass is 127. The molecule has 0 spiro atoms. The van der Waals surface area contributed by atoms with Crippen LogP contribution in [0.25, 0.3) is 0 Å². The molecule has 3 atom stereocenters. The fraction of sp³-hybridized carbons (Fsp3) is 0.941. The van der Waals surface area contributed by atoms with E-state index in [1.807, 2.05) is 6.92 Å². The lowest BCUT2D eigenvalue weighted by atomic mass is 9.92. The van der Waals surface area contributed by atoms with Crippen LogP contribution in [0.1, 0.15) is 66.7 Å². The first-order valence-electron chi connectivity index (χ1n) is 8.77. The molecule has 1 fully saturated rings. The molecular formula is C17H36IN3OS. The maximum Gasteiger partial charge on any atom is 0.191 e. The second-order valence-corrected chi connectivity index (χ2v) is 9.38. The average molecular weight is 457 g/mol. The Bertz CT molecular complexity index is 383. The summed E-state index contributed by atoms with van der Waals surface area (Å²) in [6.07, 6.45) is 5.51. The molecule has 0 amide bonds. The van der Waals surface area contributed by atoms with Crippen molar-refractivity contribution in [3.05, 3.63) is 0 Å². The summed E-state index contributed by atoms with van der Waals surface area (Å²) in [7, 11) is -0.670. The highest BCUT2D eigenvalue weighted by Crippen LogP contribution is 2.23. The molecule has 23 heavy (non-hydrogen) atoms. The first kappa shape index (κ1) is 23.1. The van der Waals surface area contributed by atoms with Gasteiger partial charge in [-0.1, -0.05) is 34.1 Å². The number of rotatable bonds is 6. The molecule has 0 radical (unpaired) electrons. The van der Waals surface area contributed by atoms with E-state index in [0.29, 0.717) is 16.7 Å². The third-order valence-electron chi connectivity index (χ3n) is 4.10. The standard InChI is InChI=1S/C17H35N3OS.HI/c1-6-18-16(19-12-11-17(3,4)5)20-14-9-8-10-15(13-14)22(21)7-2;/h14-15H,6-13H2,1-5H3,(H2,18,19,20);1H. The van der Waals surface area contributed by atoms with Gasteiger partial charge in [0, 0.05) is 40.9 Å². The summed E-state index contributed by atoms with van der Waals surface area (Å²) in [5, 5.41) is 7.25. The molecule has 0 aromatic heterocycles. The minimum absolute atomic E-state index is 0. The van der Waals surface area contributed by atoms with E-state index in [-0.39, 0.29) is 24.0 Å². The van der Waals surface area contributed by atoms with Crippen molar-refractivity contribution in [3.8, 4) is 0 Å². The maximum absolute atomic E-state index is 12.0. The molecule has 2 N–H and O–H groups in total. The zero-order chi connectivity index (χ0) is 16.6. The van der Waals surface area contributed by atoms with Crippen LogP contribution in [0.2, 0.25) is 0 Å². The summed E-state index contributed by atoms with van der Waals surface area (Å²) in [6, 6.07) is 0.404. The average Bonchev–Trinajstić information content (AvgIpc) is 2.45. The lowest BCUT2D eigenvalue weighted by Gasteiger charge is -2.30. The molecule has 0 bridgehead atoms. The number of halogens is 1. The molecular weight excluding hydrogens is 421 g/mol. The van der Waals surface area contributed by atoms with Crippen molar-refractivity contribution in [3.63, 3.8) is 0 Å². The van der Waals surface area contributed by atoms with Crippen molar-refractivity contribution in [2.45, 2.75) is 78.0 Å². The van der Waals surface area contributed by atoms with Gasteiger partial charge in [0.2, 0.25) is 0 Å². The molecule has 1 saturated carbocycles. The number of aliphatic imine (C=N–C) groups is 1. The van der Waals surface area contributed by atoms with Crippen LogP contribution in [0, 0.1) is 5.41 Å². The Morgan fingerprint density at radius 2 is 1.96 bits per heavy atom. The Hall–Kier alpha value is 0.150. The quantitative estimate of drug-likeness (QED) is 0.364. The monoisotopic (exact) mass is 457 g/mol. The Balaban J connectivity index is 0.00000484. The van der Waals surface area contributed by atoms with Crippen LogP contribution in [0.4, 0.5) is 0 Å². The number of nitrogens with zero attached hydrogens (tertiary/aromatic N) is 1. The van der Waals surface area contributed by atoms with E-state index in [9.17, 15) is 4.21 Å². The topological polar surface area (TPSA) is 53.5 Å². The molecule has 0 aliphatic heterocycles. The van der Waals surface area contributed by atoms with Crippen molar-refractivity contribution in [2.24, 2.45) is 10.4 Å². The van der Waals surface area contributed by atoms with Gasteiger partial charge in [-0.2, -0.15) is 0 Å². The minimum Gasteiger partial charge on any atom is -0.357 e. The van der Waals surface area contributed by atoms with E-state index >= 15 is 0 Å². The van der Waals surface area contributed by atoms with Gasteiger partial charge < -0.3 is 10.6 Å². The highest BCUT2D eigenvalue weighted by Gasteiger charge is 2.26. The van der Waals surface area contributed by atoms with Gasteiger partial charge in [0.05, 0.1) is 0 Å². The molecule has 4 nitrogen and oxygen atoms in total. The molecule has 0 aromatic rings. The Kier molecular flexibility index (Phi) is 11.7. The Morgan fingerprint density at radius 3 is 2.52 bits per heavy atom. The number of hydrogen-bond acceptors (Lipinski definition) is 2. The van der Waals surface area contributed by atoms with Crippen LogP contribution >= 0.6 is 24.0 Å². The third kappa shape index (κ3) is 9.89. The predicted octanol–water partition coefficient (Wildman–Crippen LogP) is 3.68. The molecule has 0 saturated heterocycles. The fourth-order valence-electron chi connectivity index (χ4n) is 2.77. The lowest BCUT2D eigenvalue weighted by molar-refractivity contribution is 0.383. The van der Waals surface area contributed by atoms with Crippen molar-refractivity contribution in [1.82, 2.24) is 10.6 Å². The van der Waals surface area contributed by atoms with Gasteiger partial charge in [0.1, 0.15) is 0 Å². The third-order valence-corrected chi connectivity index (χ3v) is 5.84. The number of hydrogen-bond donors (Lipinski definition) is 2. The van der Waals surface area contributed by atoms with Gasteiger partial charge in [-0.25, -0.2) is 0 Å². The van der Waals surface area contributed by atoms with Crippen LogP contribution in [-0.2, 0) is 10.8 Å². The van der Waals surface area contributed by atoms with E-state index in [2.05, 4.69) is 38.3 Å². The lowest BCUT2D eigenvalue weighted by Crippen LogP contribution is -2.46. The van der Waals surface area contributed by atoms with E-state index in [4.69, 9.17) is 4.99 Å². The number of guanidine groups is 1. The normalized spacial score (nSPS) is 23.8. The Labute approximate surface area is 162 Å². The van der Waals surface area contributed by atoms with Gasteiger partial charge in [-0.3, -0.25) is 9.20 Å². The fourth-order valence-corrected chi connectivity index (χ4v) is 4.11. The first-order chi connectivity index (χ1) is 10.4. The minimum atomic E-state index is -0.670. The van der Waals surface area contributed by atoms with Crippen LogP contribution < -0.4 is 10.6 Å². The van der Waals surface area contributed by atoms with Gasteiger partial charge >= 0.3 is 0 Å². The molecule has 138 valence electrons. The summed E-state index contributed by atoms with van der Waals surface area (Å²) in [5.41, 5.74) is 0.314. The maximum atomic E-state index is 12.0. The zero-order valence-electron chi connectivity index (χ0n) is 15.5. The van der Waals surface area contributed by atoms with Crippen molar-refractivity contribution < 1.29 is 4.21 Å². The largest absolute Gasteiger partial charge is 0.357 e. The van der Waals surface area contributed by atoms with Gasteiger partial charge in [0.15, 0.2) is 5.96 Å². The van der Waals surface area contributed by atoms with Gasteiger partial charge in [-0.15, -0.1) is 24.0 Å². The predicted molar refractivity (Wildman–Crippen MR) is 113 cm³/mol. The molecule has 1 aliphatic carbocycles. The Morgan fingerprint density at radius 1 is 1.26 bits per heavy atom. The molecule has 6 heteroatoms. The van der Waals surface area contributed by atoms with Crippen LogP contribution in [0.3, 0.4) is 0 Å². The van der Waals surface area contributed by atoms with E-state index in [1.165, 1.54) is 0 Å². The highest BCUT2D eigenvalue weighted by molar-refractivity contribution is 14.0. The van der Waals surface area contributed by atoms with Gasteiger partial charge in [-0.05, 0) is 38.0 Å². The molecule has 0 aromatic carbocycles. The van der Waals surface area contributed by atoms with Crippen LogP contribution in [-0.4, -0.2) is 40.3 Å². The molecule has 3 unspecified atom stereocenters. The van der Waals surface area contributed by atoms with E-state index in [0.717, 1.165) is 56.9 Å². The van der Waals surface area contributed by atoms with Crippen LogP contribution in [0.5, 0.6) is 0 Å². The van der Waals surface area contributed by atoms with Crippen molar-refractivity contribution >= 4 is 40.7 Å². The molecule has 1 rings (SSSR count). The second kappa shape index (κ2) is 11.7. The summed E-state index contributed by atoms with van der Waals surface area (Å²) < 4.78 is 12.0. The summed E-state index contributed by atoms with van der Waals surface area (Å²) >= 11 is 0. The van der Waals surface area contributed by atoms with E-state index < -0.39 is 10.8 Å². The van der Waals surface area contributed by atoms with Gasteiger partial charge in [0.25, 0.3) is 0 Å².